The molecular weight excluding hydrogens is 340 g/mol. The van der Waals surface area contributed by atoms with Crippen LogP contribution in [0.5, 0.6) is 0 Å². The molecule has 2 aromatic carbocycles. The zero-order valence-electron chi connectivity index (χ0n) is 15.6. The van der Waals surface area contributed by atoms with Gasteiger partial charge in [0, 0.05) is 18.3 Å². The van der Waals surface area contributed by atoms with Crippen molar-refractivity contribution in [2.45, 2.75) is 19.9 Å². The van der Waals surface area contributed by atoms with E-state index >= 15 is 0 Å². The number of carbonyl (C=O) groups is 2. The number of hydrogen-bond acceptors (Lipinski definition) is 3. The van der Waals surface area contributed by atoms with E-state index in [4.69, 9.17) is 4.42 Å². The fourth-order valence-electron chi connectivity index (χ4n) is 2.87. The maximum absolute atomic E-state index is 12.7. The number of benzene rings is 2. The average molecular weight is 362 g/mol. The SMILES string of the molecule is Cc1occc1C(=O)N(C)C(C)c1cccc(NC(=O)c2ccccc2)c1. The minimum absolute atomic E-state index is 0.104. The van der Waals surface area contributed by atoms with E-state index in [9.17, 15) is 9.59 Å². The lowest BCUT2D eigenvalue weighted by molar-refractivity contribution is 0.0740. The van der Waals surface area contributed by atoms with Crippen molar-refractivity contribution in [3.8, 4) is 0 Å². The van der Waals surface area contributed by atoms with Crippen molar-refractivity contribution in [3.63, 3.8) is 0 Å². The first-order chi connectivity index (χ1) is 13.0. The van der Waals surface area contributed by atoms with Gasteiger partial charge in [0.25, 0.3) is 11.8 Å². The average Bonchev–Trinajstić information content (AvgIpc) is 3.13. The van der Waals surface area contributed by atoms with Crippen LogP contribution < -0.4 is 5.32 Å². The Morgan fingerprint density at radius 2 is 1.78 bits per heavy atom. The summed E-state index contributed by atoms with van der Waals surface area (Å²) in [4.78, 5) is 26.7. The van der Waals surface area contributed by atoms with Crippen LogP contribution in [-0.2, 0) is 0 Å². The molecule has 0 aliphatic carbocycles. The number of rotatable bonds is 5. The molecule has 2 amide bonds. The largest absolute Gasteiger partial charge is 0.469 e. The monoisotopic (exact) mass is 362 g/mol. The van der Waals surface area contributed by atoms with E-state index < -0.39 is 0 Å². The summed E-state index contributed by atoms with van der Waals surface area (Å²) in [6, 6.07) is 18.1. The quantitative estimate of drug-likeness (QED) is 0.717. The predicted molar refractivity (Wildman–Crippen MR) is 105 cm³/mol. The second-order valence-electron chi connectivity index (χ2n) is 6.43. The Morgan fingerprint density at radius 3 is 2.44 bits per heavy atom. The molecule has 0 aliphatic heterocycles. The van der Waals surface area contributed by atoms with Gasteiger partial charge in [-0.25, -0.2) is 0 Å². The zero-order valence-corrected chi connectivity index (χ0v) is 15.6. The van der Waals surface area contributed by atoms with Gasteiger partial charge in [0.1, 0.15) is 5.76 Å². The lowest BCUT2D eigenvalue weighted by Crippen LogP contribution is -2.29. The molecule has 0 fully saturated rings. The maximum atomic E-state index is 12.7. The van der Waals surface area contributed by atoms with E-state index in [2.05, 4.69) is 5.32 Å². The standard InChI is InChI=1S/C22H22N2O3/c1-15(24(3)22(26)20-12-13-27-16(20)2)18-10-7-11-19(14-18)23-21(25)17-8-5-4-6-9-17/h4-15H,1-3H3,(H,23,25). The van der Waals surface area contributed by atoms with Gasteiger partial charge in [0.15, 0.2) is 0 Å². The maximum Gasteiger partial charge on any atom is 0.257 e. The van der Waals surface area contributed by atoms with Gasteiger partial charge in [-0.1, -0.05) is 30.3 Å². The summed E-state index contributed by atoms with van der Waals surface area (Å²) < 4.78 is 5.23. The van der Waals surface area contributed by atoms with Crippen molar-refractivity contribution in [2.24, 2.45) is 0 Å². The number of amides is 2. The summed E-state index contributed by atoms with van der Waals surface area (Å²) in [6.45, 7) is 3.72. The molecule has 27 heavy (non-hydrogen) atoms. The number of carbonyl (C=O) groups excluding carboxylic acids is 2. The van der Waals surface area contributed by atoms with Crippen LogP contribution in [0.2, 0.25) is 0 Å². The molecule has 5 nitrogen and oxygen atoms in total. The molecular formula is C22H22N2O3. The van der Waals surface area contributed by atoms with Crippen LogP contribution >= 0.6 is 0 Å². The molecule has 0 spiro atoms. The van der Waals surface area contributed by atoms with Crippen LogP contribution in [0.15, 0.2) is 71.3 Å². The van der Waals surface area contributed by atoms with Crippen LogP contribution in [0, 0.1) is 6.92 Å². The number of furan rings is 1. The molecule has 1 heterocycles. The normalized spacial score (nSPS) is 11.7. The van der Waals surface area contributed by atoms with Crippen molar-refractivity contribution in [1.82, 2.24) is 4.90 Å². The fraction of sp³-hybridized carbons (Fsp3) is 0.182. The first-order valence-corrected chi connectivity index (χ1v) is 8.75. The Bertz CT molecular complexity index is 947. The summed E-state index contributed by atoms with van der Waals surface area (Å²) >= 11 is 0. The smallest absolute Gasteiger partial charge is 0.257 e. The summed E-state index contributed by atoms with van der Waals surface area (Å²) in [5.74, 6) is 0.328. The molecule has 0 aliphatic rings. The van der Waals surface area contributed by atoms with Crippen LogP contribution in [0.1, 0.15) is 45.0 Å². The van der Waals surface area contributed by atoms with Crippen LogP contribution in [0.4, 0.5) is 5.69 Å². The Kier molecular flexibility index (Phi) is 5.41. The van der Waals surface area contributed by atoms with Gasteiger partial charge in [0.2, 0.25) is 0 Å². The second-order valence-corrected chi connectivity index (χ2v) is 6.43. The molecule has 1 atom stereocenters. The first kappa shape index (κ1) is 18.5. The van der Waals surface area contributed by atoms with Gasteiger partial charge in [-0.3, -0.25) is 9.59 Å². The minimum Gasteiger partial charge on any atom is -0.469 e. The predicted octanol–water partition coefficient (Wildman–Crippen LogP) is 4.67. The Labute approximate surface area is 158 Å². The van der Waals surface area contributed by atoms with Crippen molar-refractivity contribution >= 4 is 17.5 Å². The number of hydrogen-bond donors (Lipinski definition) is 1. The van der Waals surface area contributed by atoms with Crippen molar-refractivity contribution < 1.29 is 14.0 Å². The summed E-state index contributed by atoms with van der Waals surface area (Å²) in [5.41, 5.74) is 2.77. The number of nitrogens with one attached hydrogen (secondary N) is 1. The number of nitrogens with zero attached hydrogens (tertiary/aromatic N) is 1. The van der Waals surface area contributed by atoms with Crippen LogP contribution in [0.3, 0.4) is 0 Å². The van der Waals surface area contributed by atoms with E-state index in [1.54, 1.807) is 37.1 Å². The molecule has 5 heteroatoms. The Morgan fingerprint density at radius 1 is 1.04 bits per heavy atom. The van der Waals surface area contributed by atoms with E-state index in [-0.39, 0.29) is 17.9 Å². The Hall–Kier alpha value is -3.34. The van der Waals surface area contributed by atoms with Crippen molar-refractivity contribution in [2.75, 3.05) is 12.4 Å². The van der Waals surface area contributed by atoms with Gasteiger partial charge >= 0.3 is 0 Å². The zero-order chi connectivity index (χ0) is 19.4. The first-order valence-electron chi connectivity index (χ1n) is 8.75. The molecule has 1 unspecified atom stereocenters. The van der Waals surface area contributed by atoms with E-state index in [0.29, 0.717) is 22.6 Å². The molecule has 0 bridgehead atoms. The highest BCUT2D eigenvalue weighted by molar-refractivity contribution is 6.04. The highest BCUT2D eigenvalue weighted by atomic mass is 16.3. The summed E-state index contributed by atoms with van der Waals surface area (Å²) in [7, 11) is 1.76. The van der Waals surface area contributed by atoms with Gasteiger partial charge in [-0.15, -0.1) is 0 Å². The molecule has 0 saturated carbocycles. The van der Waals surface area contributed by atoms with Gasteiger partial charge in [-0.05, 0) is 49.7 Å². The van der Waals surface area contributed by atoms with Crippen LogP contribution in [-0.4, -0.2) is 23.8 Å². The summed E-state index contributed by atoms with van der Waals surface area (Å²) in [5, 5.41) is 2.90. The third-order valence-electron chi connectivity index (χ3n) is 4.65. The Balaban J connectivity index is 1.75. The molecule has 3 rings (SSSR count). The molecule has 0 radical (unpaired) electrons. The summed E-state index contributed by atoms with van der Waals surface area (Å²) in [6.07, 6.45) is 1.51. The van der Waals surface area contributed by atoms with Crippen molar-refractivity contribution in [1.29, 1.82) is 0 Å². The van der Waals surface area contributed by atoms with Crippen LogP contribution in [0.25, 0.3) is 0 Å². The topological polar surface area (TPSA) is 62.6 Å². The minimum atomic E-state index is -0.168. The lowest BCUT2D eigenvalue weighted by Gasteiger charge is -2.25. The number of anilines is 1. The van der Waals surface area contributed by atoms with Gasteiger partial charge < -0.3 is 14.6 Å². The van der Waals surface area contributed by atoms with Gasteiger partial charge in [-0.2, -0.15) is 0 Å². The molecule has 1 aromatic heterocycles. The van der Waals surface area contributed by atoms with Gasteiger partial charge in [0.05, 0.1) is 17.9 Å². The third kappa shape index (κ3) is 4.08. The highest BCUT2D eigenvalue weighted by Gasteiger charge is 2.22. The third-order valence-corrected chi connectivity index (χ3v) is 4.65. The molecule has 3 aromatic rings. The molecule has 1 N–H and O–H groups in total. The molecule has 0 saturated heterocycles. The number of aryl methyl sites for hydroxylation is 1. The van der Waals surface area contributed by atoms with Crippen molar-refractivity contribution in [3.05, 3.63) is 89.4 Å². The van der Waals surface area contributed by atoms with E-state index in [0.717, 1.165) is 5.56 Å². The fourth-order valence-corrected chi connectivity index (χ4v) is 2.87. The lowest BCUT2D eigenvalue weighted by atomic mass is 10.1. The molecule has 138 valence electrons. The van der Waals surface area contributed by atoms with E-state index in [1.807, 2.05) is 49.4 Å². The second kappa shape index (κ2) is 7.91. The highest BCUT2D eigenvalue weighted by Crippen LogP contribution is 2.24. The van der Waals surface area contributed by atoms with E-state index in [1.165, 1.54) is 6.26 Å².